The van der Waals surface area contributed by atoms with Gasteiger partial charge in [0, 0.05) is 0 Å². The van der Waals surface area contributed by atoms with Crippen molar-refractivity contribution >= 4 is 24.3 Å². The maximum absolute atomic E-state index is 9.63. The maximum atomic E-state index is 9.63. The molecule has 0 fully saturated rings. The normalized spacial score (nSPS) is 12.2. The van der Waals surface area contributed by atoms with Crippen LogP contribution in [0.15, 0.2) is 0 Å². The average molecular weight is 231 g/mol. The summed E-state index contributed by atoms with van der Waals surface area (Å²) in [7, 11) is 0. The number of carboxylic acid groups (broad SMARTS) is 2. The minimum atomic E-state index is -2.44. The second kappa shape index (κ2) is 11.2. The average Bonchev–Trinajstić information content (AvgIpc) is 1.84. The van der Waals surface area contributed by atoms with Crippen LogP contribution in [-0.2, 0) is 9.59 Å². The summed E-state index contributed by atoms with van der Waals surface area (Å²) in [6.45, 7) is 0. The molecule has 0 aliphatic rings. The Hall–Kier alpha value is 1.15. The maximum Gasteiger partial charge on any atom is 1.00 e. The molecule has 9 heteroatoms. The summed E-state index contributed by atoms with van der Waals surface area (Å²) in [6, 6.07) is 0. The first kappa shape index (κ1) is 23.8. The van der Waals surface area contributed by atoms with E-state index in [9.17, 15) is 19.8 Å². The molecule has 0 aromatic heterocycles. The molecule has 0 radical (unpaired) electrons. The first-order chi connectivity index (χ1) is 4.46. The summed E-state index contributed by atoms with van der Waals surface area (Å²) in [5.41, 5.74) is 0. The van der Waals surface area contributed by atoms with Crippen molar-refractivity contribution < 1.29 is 89.1 Å². The first-order valence-corrected chi connectivity index (χ1v) is 2.24. The second-order valence-electron chi connectivity index (χ2n) is 1.53. The van der Waals surface area contributed by atoms with Gasteiger partial charge in [0.2, 0.25) is 0 Å². The number of aliphatic hydroxyl groups excluding tert-OH is 2. The Morgan fingerprint density at radius 1 is 0.923 bits per heavy atom. The van der Waals surface area contributed by atoms with Crippen LogP contribution in [0.5, 0.6) is 0 Å². The number of aliphatic carboxylic acids is 2. The van der Waals surface area contributed by atoms with E-state index in [2.05, 4.69) is 0 Å². The molecule has 0 rings (SSSR count). The van der Waals surface area contributed by atoms with E-state index in [-0.39, 0.29) is 71.5 Å². The molecular formula is C4H5ClNa2O6. The number of carboxylic acids is 2. The predicted octanol–water partition coefficient (Wildman–Crippen LogP) is -10.4. The van der Waals surface area contributed by atoms with Crippen molar-refractivity contribution in [1.82, 2.24) is 0 Å². The van der Waals surface area contributed by atoms with Crippen molar-refractivity contribution in [2.75, 3.05) is 0 Å². The molecule has 0 saturated carbocycles. The molecule has 0 aromatic carbocycles. The van der Waals surface area contributed by atoms with Gasteiger partial charge in [-0.05, 0) is 0 Å². The molecule has 6 nitrogen and oxygen atoms in total. The van der Waals surface area contributed by atoms with Gasteiger partial charge in [0.05, 0.1) is 11.9 Å². The topological polar surface area (TPSA) is 121 Å². The third kappa shape index (κ3) is 9.45. The van der Waals surface area contributed by atoms with Crippen LogP contribution in [0.4, 0.5) is 0 Å². The zero-order chi connectivity index (χ0) is 8.31. The molecule has 2 N–H and O–H groups in total. The molecule has 0 amide bonds. The van der Waals surface area contributed by atoms with Crippen molar-refractivity contribution in [3.8, 4) is 0 Å². The third-order valence-corrected chi connectivity index (χ3v) is 0.782. The minimum Gasteiger partial charge on any atom is -0.547 e. The van der Waals surface area contributed by atoms with Crippen LogP contribution in [0.2, 0.25) is 0 Å². The van der Waals surface area contributed by atoms with E-state index in [4.69, 9.17) is 10.2 Å². The van der Waals surface area contributed by atoms with Crippen molar-refractivity contribution in [3.63, 3.8) is 0 Å². The van der Waals surface area contributed by atoms with Gasteiger partial charge in [0.25, 0.3) is 0 Å². The Labute approximate surface area is 124 Å². The molecule has 2 atom stereocenters. The number of rotatable bonds is 3. The number of hydrogen-bond acceptors (Lipinski definition) is 6. The number of hydrogen-bond donors (Lipinski definition) is 2. The Balaban J connectivity index is -0.000000135. The van der Waals surface area contributed by atoms with Gasteiger partial charge in [-0.3, -0.25) is 0 Å². The van der Waals surface area contributed by atoms with Gasteiger partial charge in [-0.15, -0.1) is 12.4 Å². The Bertz CT molecular complexity index is 147. The Morgan fingerprint density at radius 2 is 1.08 bits per heavy atom. The van der Waals surface area contributed by atoms with Gasteiger partial charge in [-0.2, -0.15) is 0 Å². The smallest absolute Gasteiger partial charge is 0.547 e. The van der Waals surface area contributed by atoms with Gasteiger partial charge in [0.15, 0.2) is 0 Å². The van der Waals surface area contributed by atoms with Crippen LogP contribution in [-0.4, -0.2) is 34.4 Å². The summed E-state index contributed by atoms with van der Waals surface area (Å²) in [6.07, 6.45) is -4.88. The van der Waals surface area contributed by atoms with Gasteiger partial charge < -0.3 is 30.0 Å². The van der Waals surface area contributed by atoms with E-state index in [0.29, 0.717) is 0 Å². The van der Waals surface area contributed by atoms with Crippen molar-refractivity contribution in [1.29, 1.82) is 0 Å². The van der Waals surface area contributed by atoms with Gasteiger partial charge in [-0.25, -0.2) is 0 Å². The van der Waals surface area contributed by atoms with Crippen LogP contribution in [0, 0.1) is 0 Å². The van der Waals surface area contributed by atoms with E-state index in [1.54, 1.807) is 0 Å². The quantitative estimate of drug-likeness (QED) is 0.465. The molecule has 0 aliphatic carbocycles. The monoisotopic (exact) mass is 230 g/mol. The van der Waals surface area contributed by atoms with Crippen LogP contribution >= 0.6 is 12.4 Å². The minimum absolute atomic E-state index is 0. The fourth-order valence-electron chi connectivity index (χ4n) is 0.258. The second-order valence-corrected chi connectivity index (χ2v) is 1.53. The van der Waals surface area contributed by atoms with E-state index in [1.807, 2.05) is 0 Å². The third-order valence-electron chi connectivity index (χ3n) is 0.782. The molecule has 13 heavy (non-hydrogen) atoms. The van der Waals surface area contributed by atoms with E-state index < -0.39 is 24.1 Å². The molecule has 66 valence electrons. The molecule has 0 aromatic rings. The molecule has 0 heterocycles. The van der Waals surface area contributed by atoms with Gasteiger partial charge >= 0.3 is 59.1 Å². The molecule has 0 saturated heterocycles. The van der Waals surface area contributed by atoms with Crippen LogP contribution in [0.1, 0.15) is 0 Å². The van der Waals surface area contributed by atoms with Gasteiger partial charge in [0.1, 0.15) is 12.2 Å². The molecule has 0 bridgehead atoms. The van der Waals surface area contributed by atoms with Crippen molar-refractivity contribution in [2.45, 2.75) is 12.2 Å². The Morgan fingerprint density at radius 3 is 1.15 bits per heavy atom. The first-order valence-electron chi connectivity index (χ1n) is 2.24. The Kier molecular flexibility index (Phi) is 20.5. The van der Waals surface area contributed by atoms with E-state index in [1.165, 1.54) is 0 Å². The van der Waals surface area contributed by atoms with Crippen molar-refractivity contribution in [2.24, 2.45) is 0 Å². The summed E-state index contributed by atoms with van der Waals surface area (Å²) >= 11 is 0. The van der Waals surface area contributed by atoms with E-state index >= 15 is 0 Å². The van der Waals surface area contributed by atoms with Gasteiger partial charge in [-0.1, -0.05) is 0 Å². The van der Waals surface area contributed by atoms with Crippen molar-refractivity contribution in [3.05, 3.63) is 0 Å². The largest absolute Gasteiger partial charge is 1.00 e. The van der Waals surface area contributed by atoms with Crippen LogP contribution < -0.4 is 69.3 Å². The molecule has 0 spiro atoms. The molecule has 2 unspecified atom stereocenters. The fourth-order valence-corrected chi connectivity index (χ4v) is 0.258. The SMILES string of the molecule is Cl.O=C([O-])C(O)C(O)C(=O)[O-].[Na+].[Na+]. The van der Waals surface area contributed by atoms with Crippen LogP contribution in [0.25, 0.3) is 0 Å². The fraction of sp³-hybridized carbons (Fsp3) is 0.500. The summed E-state index contributed by atoms with van der Waals surface area (Å²) in [4.78, 5) is 19.3. The molecular weight excluding hydrogens is 225 g/mol. The van der Waals surface area contributed by atoms with Crippen LogP contribution in [0.3, 0.4) is 0 Å². The standard InChI is InChI=1S/C4H6O6.ClH.2Na/c5-1(3(7)8)2(6)4(9)10;;;/h1-2,5-6H,(H,7,8)(H,9,10);1H;;/q;;2*+1/p-2. The number of carbonyl (C=O) groups is 2. The number of aliphatic hydroxyl groups is 2. The number of carbonyl (C=O) groups excluding carboxylic acids is 2. The predicted molar refractivity (Wildman–Crippen MR) is 29.3 cm³/mol. The summed E-state index contributed by atoms with van der Waals surface area (Å²) in [5.74, 6) is -4.12. The summed E-state index contributed by atoms with van der Waals surface area (Å²) in [5, 5.41) is 35.7. The van der Waals surface area contributed by atoms with E-state index in [0.717, 1.165) is 0 Å². The zero-order valence-corrected chi connectivity index (χ0v) is 11.9. The zero-order valence-electron chi connectivity index (χ0n) is 7.09. The molecule has 0 aliphatic heterocycles. The summed E-state index contributed by atoms with van der Waals surface area (Å²) < 4.78 is 0. The number of halogens is 1.